The molecule has 1 N–H and O–H groups in total. The molecule has 4 rings (SSSR count). The van der Waals surface area contributed by atoms with E-state index in [9.17, 15) is 14.7 Å². The molecule has 0 unspecified atom stereocenters. The van der Waals surface area contributed by atoms with Crippen LogP contribution in [0.1, 0.15) is 35.3 Å². The normalized spacial score (nSPS) is 17.3. The van der Waals surface area contributed by atoms with Crippen LogP contribution in [0, 0.1) is 0 Å². The molecule has 0 fully saturated rings. The summed E-state index contributed by atoms with van der Waals surface area (Å²) in [5, 5.41) is 10.3. The number of para-hydroxylation sites is 1. The third kappa shape index (κ3) is 4.45. The van der Waals surface area contributed by atoms with Crippen LogP contribution in [0.15, 0.2) is 72.8 Å². The summed E-state index contributed by atoms with van der Waals surface area (Å²) in [5.74, 6) is 0.140. The van der Waals surface area contributed by atoms with E-state index >= 15 is 0 Å². The minimum absolute atomic E-state index is 0.123. The number of ether oxygens (including phenoxy) is 1. The summed E-state index contributed by atoms with van der Waals surface area (Å²) in [6.45, 7) is 1.35. The average Bonchev–Trinajstić information content (AvgIpc) is 2.85. The number of carbonyl (C=O) groups excluding carboxylic acids is 2. The minimum Gasteiger partial charge on any atom is -0.497 e. The van der Waals surface area contributed by atoms with E-state index in [4.69, 9.17) is 16.3 Å². The van der Waals surface area contributed by atoms with Crippen LogP contribution in [0.2, 0.25) is 5.02 Å². The number of nitrogens with zero attached hydrogens (tertiary/aromatic N) is 2. The van der Waals surface area contributed by atoms with E-state index in [2.05, 4.69) is 0 Å². The van der Waals surface area contributed by atoms with Crippen molar-refractivity contribution in [2.24, 2.45) is 0 Å². The predicted molar refractivity (Wildman–Crippen MR) is 129 cm³/mol. The standard InChI is InChI=1S/C26H25ClN2O4/c1-17-15-24(29(25(31)16-30)20-11-9-19(27)10-12-20)22-5-3-4-6-23(22)28(17)26(32)18-7-13-21(33-2)14-8-18/h3-14,17,24,30H,15-16H2,1-2H3/t17-,24+/m0/s1. The van der Waals surface area contributed by atoms with Crippen LogP contribution in [0.4, 0.5) is 11.4 Å². The summed E-state index contributed by atoms with van der Waals surface area (Å²) in [6.07, 6.45) is 0.507. The molecule has 170 valence electrons. The fraction of sp³-hybridized carbons (Fsp3) is 0.231. The van der Waals surface area contributed by atoms with Gasteiger partial charge in [-0.05, 0) is 73.5 Å². The number of hydrogen-bond acceptors (Lipinski definition) is 4. The SMILES string of the molecule is COc1ccc(C(=O)N2c3ccccc3[C@H](N(C(=O)CO)c3ccc(Cl)cc3)C[C@@H]2C)cc1. The van der Waals surface area contributed by atoms with E-state index in [1.165, 1.54) is 0 Å². The highest BCUT2D eigenvalue weighted by molar-refractivity contribution is 6.30. The van der Waals surface area contributed by atoms with Crippen molar-refractivity contribution in [1.82, 2.24) is 0 Å². The third-order valence-corrected chi connectivity index (χ3v) is 6.19. The zero-order valence-electron chi connectivity index (χ0n) is 18.4. The number of fused-ring (bicyclic) bond motifs is 1. The van der Waals surface area contributed by atoms with Gasteiger partial charge < -0.3 is 19.6 Å². The van der Waals surface area contributed by atoms with Crippen molar-refractivity contribution < 1.29 is 19.4 Å². The maximum absolute atomic E-state index is 13.5. The van der Waals surface area contributed by atoms with Crippen LogP contribution in [0.3, 0.4) is 0 Å². The van der Waals surface area contributed by atoms with Crippen LogP contribution in [-0.4, -0.2) is 36.7 Å². The van der Waals surface area contributed by atoms with Crippen molar-refractivity contribution in [3.8, 4) is 5.75 Å². The molecule has 0 saturated heterocycles. The van der Waals surface area contributed by atoms with Gasteiger partial charge in [-0.2, -0.15) is 0 Å². The van der Waals surface area contributed by atoms with Crippen LogP contribution >= 0.6 is 11.6 Å². The van der Waals surface area contributed by atoms with Gasteiger partial charge in [-0.1, -0.05) is 29.8 Å². The Morgan fingerprint density at radius 2 is 1.73 bits per heavy atom. The summed E-state index contributed by atoms with van der Waals surface area (Å²) in [6, 6.07) is 21.0. The molecule has 0 aromatic heterocycles. The van der Waals surface area contributed by atoms with E-state index in [-0.39, 0.29) is 18.0 Å². The van der Waals surface area contributed by atoms with E-state index in [0.29, 0.717) is 28.4 Å². The zero-order chi connectivity index (χ0) is 23.5. The molecule has 2 amide bonds. The van der Waals surface area contributed by atoms with Gasteiger partial charge in [-0.3, -0.25) is 9.59 Å². The number of amides is 2. The van der Waals surface area contributed by atoms with Crippen LogP contribution in [0.25, 0.3) is 0 Å². The predicted octanol–water partition coefficient (Wildman–Crippen LogP) is 4.85. The van der Waals surface area contributed by atoms with Gasteiger partial charge in [0.25, 0.3) is 11.8 Å². The van der Waals surface area contributed by atoms with Gasteiger partial charge in [0, 0.05) is 28.0 Å². The number of halogens is 1. The first-order valence-electron chi connectivity index (χ1n) is 10.7. The second-order valence-electron chi connectivity index (χ2n) is 7.96. The Hall–Kier alpha value is -3.35. The molecule has 2 atom stereocenters. The molecule has 0 spiro atoms. The summed E-state index contributed by atoms with van der Waals surface area (Å²) >= 11 is 6.05. The van der Waals surface area contributed by atoms with Gasteiger partial charge in [-0.25, -0.2) is 0 Å². The average molecular weight is 465 g/mol. The first-order chi connectivity index (χ1) is 15.9. The van der Waals surface area contributed by atoms with Gasteiger partial charge in [0.15, 0.2) is 0 Å². The number of aliphatic hydroxyl groups excluding tert-OH is 1. The second kappa shape index (κ2) is 9.65. The lowest BCUT2D eigenvalue weighted by Crippen LogP contribution is -2.48. The molecule has 0 aliphatic carbocycles. The maximum Gasteiger partial charge on any atom is 0.258 e. The lowest BCUT2D eigenvalue weighted by atomic mass is 9.89. The first kappa shape index (κ1) is 22.8. The van der Waals surface area contributed by atoms with Crippen molar-refractivity contribution in [3.63, 3.8) is 0 Å². The van der Waals surface area contributed by atoms with Crippen molar-refractivity contribution in [2.45, 2.75) is 25.4 Å². The van der Waals surface area contributed by atoms with Crippen LogP contribution < -0.4 is 14.5 Å². The molecule has 7 heteroatoms. The van der Waals surface area contributed by atoms with Gasteiger partial charge in [0.2, 0.25) is 0 Å². The Labute approximate surface area is 198 Å². The Kier molecular flexibility index (Phi) is 6.67. The molecule has 0 bridgehead atoms. The van der Waals surface area contributed by atoms with Crippen molar-refractivity contribution in [3.05, 3.63) is 88.9 Å². The van der Waals surface area contributed by atoms with E-state index in [1.54, 1.807) is 65.4 Å². The smallest absolute Gasteiger partial charge is 0.258 e. The van der Waals surface area contributed by atoms with Gasteiger partial charge >= 0.3 is 0 Å². The van der Waals surface area contributed by atoms with Crippen LogP contribution in [-0.2, 0) is 4.79 Å². The lowest BCUT2D eigenvalue weighted by molar-refractivity contribution is -0.121. The Balaban J connectivity index is 1.76. The minimum atomic E-state index is -0.621. The molecule has 3 aromatic carbocycles. The molecule has 3 aromatic rings. The Bertz CT molecular complexity index is 1150. The van der Waals surface area contributed by atoms with Crippen molar-refractivity contribution in [2.75, 3.05) is 23.5 Å². The molecule has 1 heterocycles. The maximum atomic E-state index is 13.5. The third-order valence-electron chi connectivity index (χ3n) is 5.94. The molecule has 33 heavy (non-hydrogen) atoms. The summed E-state index contributed by atoms with van der Waals surface area (Å²) in [5.41, 5.74) is 2.78. The summed E-state index contributed by atoms with van der Waals surface area (Å²) < 4.78 is 5.20. The van der Waals surface area contributed by atoms with Crippen molar-refractivity contribution in [1.29, 1.82) is 0 Å². The van der Waals surface area contributed by atoms with Gasteiger partial charge in [0.05, 0.1) is 13.2 Å². The number of aliphatic hydroxyl groups is 1. The fourth-order valence-corrected chi connectivity index (χ4v) is 4.51. The quantitative estimate of drug-likeness (QED) is 0.585. The molecular weight excluding hydrogens is 440 g/mol. The largest absolute Gasteiger partial charge is 0.497 e. The van der Waals surface area contributed by atoms with Gasteiger partial charge in [0.1, 0.15) is 12.4 Å². The van der Waals surface area contributed by atoms with Crippen molar-refractivity contribution >= 4 is 34.8 Å². The monoisotopic (exact) mass is 464 g/mol. The number of anilines is 2. The molecule has 1 aliphatic heterocycles. The van der Waals surface area contributed by atoms with Crippen LogP contribution in [0.5, 0.6) is 5.75 Å². The topological polar surface area (TPSA) is 70.1 Å². The lowest BCUT2D eigenvalue weighted by Gasteiger charge is -2.43. The zero-order valence-corrected chi connectivity index (χ0v) is 19.2. The van der Waals surface area contributed by atoms with E-state index < -0.39 is 12.5 Å². The highest BCUT2D eigenvalue weighted by Crippen LogP contribution is 2.42. The number of methoxy groups -OCH3 is 1. The highest BCUT2D eigenvalue weighted by Gasteiger charge is 2.38. The number of rotatable bonds is 5. The first-order valence-corrected chi connectivity index (χ1v) is 11.1. The summed E-state index contributed by atoms with van der Waals surface area (Å²) in [7, 11) is 1.58. The number of hydrogen-bond donors (Lipinski definition) is 1. The Morgan fingerprint density at radius 1 is 1.06 bits per heavy atom. The van der Waals surface area contributed by atoms with E-state index in [1.807, 2.05) is 31.2 Å². The second-order valence-corrected chi connectivity index (χ2v) is 8.40. The molecule has 0 radical (unpaired) electrons. The summed E-state index contributed by atoms with van der Waals surface area (Å²) in [4.78, 5) is 29.7. The highest BCUT2D eigenvalue weighted by atomic mass is 35.5. The Morgan fingerprint density at radius 3 is 2.36 bits per heavy atom. The molecular formula is C26H25ClN2O4. The molecule has 1 aliphatic rings. The number of benzene rings is 3. The van der Waals surface area contributed by atoms with E-state index in [0.717, 1.165) is 11.3 Å². The number of carbonyl (C=O) groups is 2. The fourth-order valence-electron chi connectivity index (χ4n) is 4.38. The molecule has 6 nitrogen and oxygen atoms in total. The van der Waals surface area contributed by atoms with Gasteiger partial charge in [-0.15, -0.1) is 0 Å². The molecule has 0 saturated carbocycles.